The Morgan fingerprint density at radius 1 is 1.20 bits per heavy atom. The molecular formula is C17H20BrNO. The second-order valence-electron chi connectivity index (χ2n) is 5.40. The van der Waals surface area contributed by atoms with Crippen LogP contribution in [-0.4, -0.2) is 4.98 Å². The Balaban J connectivity index is 2.36. The summed E-state index contributed by atoms with van der Waals surface area (Å²) >= 11 is 3.44. The van der Waals surface area contributed by atoms with Crippen molar-refractivity contribution in [1.29, 1.82) is 0 Å². The number of halogens is 1. The molecule has 20 heavy (non-hydrogen) atoms. The molecule has 0 unspecified atom stereocenters. The van der Waals surface area contributed by atoms with Gasteiger partial charge in [0.15, 0.2) is 0 Å². The Morgan fingerprint density at radius 2 is 1.95 bits per heavy atom. The van der Waals surface area contributed by atoms with E-state index >= 15 is 0 Å². The molecule has 2 aromatic rings. The number of benzene rings is 1. The molecule has 1 heterocycles. The Kier molecular flexibility index (Phi) is 4.81. The van der Waals surface area contributed by atoms with Crippen LogP contribution in [0, 0.1) is 13.8 Å². The molecule has 1 aromatic carbocycles. The third-order valence-electron chi connectivity index (χ3n) is 3.24. The Morgan fingerprint density at radius 3 is 2.55 bits per heavy atom. The lowest BCUT2D eigenvalue weighted by Gasteiger charge is -2.15. The molecule has 3 heteroatoms. The van der Waals surface area contributed by atoms with E-state index in [1.807, 2.05) is 13.1 Å². The fourth-order valence-corrected chi connectivity index (χ4v) is 2.42. The van der Waals surface area contributed by atoms with Crippen molar-refractivity contribution in [1.82, 2.24) is 4.98 Å². The fourth-order valence-electron chi connectivity index (χ4n) is 2.11. The Labute approximate surface area is 129 Å². The molecule has 0 radical (unpaired) electrons. The second-order valence-corrected chi connectivity index (χ2v) is 5.96. The fraction of sp³-hybridized carbons (Fsp3) is 0.353. The first-order valence-corrected chi connectivity index (χ1v) is 7.93. The molecule has 0 saturated heterocycles. The standard InChI is InChI=1S/C17H20BrNO/c1-11(2)15-6-5-12(3)7-16(15)20-17-13(4)8-14(9-18)10-19-17/h5-8,10-11H,9H2,1-4H3. The number of hydrogen-bond donors (Lipinski definition) is 0. The molecule has 0 N–H and O–H groups in total. The van der Waals surface area contributed by atoms with Crippen molar-refractivity contribution in [2.45, 2.75) is 38.9 Å². The molecule has 2 nitrogen and oxygen atoms in total. The van der Waals surface area contributed by atoms with E-state index in [4.69, 9.17) is 4.74 Å². The van der Waals surface area contributed by atoms with E-state index in [-0.39, 0.29) is 0 Å². The van der Waals surface area contributed by atoms with Gasteiger partial charge in [0.2, 0.25) is 5.88 Å². The Bertz CT molecular complexity index is 608. The zero-order valence-electron chi connectivity index (χ0n) is 12.4. The normalized spacial score (nSPS) is 10.9. The van der Waals surface area contributed by atoms with Gasteiger partial charge in [0.05, 0.1) is 0 Å². The van der Waals surface area contributed by atoms with Gasteiger partial charge in [-0.1, -0.05) is 41.9 Å². The van der Waals surface area contributed by atoms with Crippen LogP contribution in [0.2, 0.25) is 0 Å². The van der Waals surface area contributed by atoms with Gasteiger partial charge in [-0.3, -0.25) is 0 Å². The average Bonchev–Trinajstić information content (AvgIpc) is 2.40. The maximum atomic E-state index is 6.06. The molecule has 2 rings (SSSR count). The molecule has 0 aliphatic carbocycles. The summed E-state index contributed by atoms with van der Waals surface area (Å²) in [6.07, 6.45) is 1.85. The van der Waals surface area contributed by atoms with Crippen LogP contribution in [0.5, 0.6) is 11.6 Å². The zero-order valence-corrected chi connectivity index (χ0v) is 14.0. The summed E-state index contributed by atoms with van der Waals surface area (Å²) < 4.78 is 6.06. The third kappa shape index (κ3) is 3.40. The summed E-state index contributed by atoms with van der Waals surface area (Å²) in [5, 5.41) is 0.808. The SMILES string of the molecule is Cc1ccc(C(C)C)c(Oc2ncc(CBr)cc2C)c1. The highest BCUT2D eigenvalue weighted by Gasteiger charge is 2.11. The quantitative estimate of drug-likeness (QED) is 0.688. The zero-order chi connectivity index (χ0) is 14.7. The van der Waals surface area contributed by atoms with E-state index < -0.39 is 0 Å². The van der Waals surface area contributed by atoms with Gasteiger partial charge < -0.3 is 4.74 Å². The molecule has 0 bridgehead atoms. The number of hydrogen-bond acceptors (Lipinski definition) is 2. The van der Waals surface area contributed by atoms with Crippen LogP contribution in [0.25, 0.3) is 0 Å². The van der Waals surface area contributed by atoms with E-state index in [9.17, 15) is 0 Å². The minimum absolute atomic E-state index is 0.424. The van der Waals surface area contributed by atoms with Crippen molar-refractivity contribution in [3.8, 4) is 11.6 Å². The molecule has 0 saturated carbocycles. The highest BCUT2D eigenvalue weighted by atomic mass is 79.9. The number of aryl methyl sites for hydroxylation is 2. The van der Waals surface area contributed by atoms with Gasteiger partial charge in [0, 0.05) is 17.1 Å². The van der Waals surface area contributed by atoms with Crippen LogP contribution in [-0.2, 0) is 5.33 Å². The first-order valence-electron chi connectivity index (χ1n) is 6.81. The van der Waals surface area contributed by atoms with Crippen LogP contribution in [0.4, 0.5) is 0 Å². The minimum Gasteiger partial charge on any atom is -0.438 e. The van der Waals surface area contributed by atoms with E-state index in [1.54, 1.807) is 0 Å². The highest BCUT2D eigenvalue weighted by molar-refractivity contribution is 9.08. The highest BCUT2D eigenvalue weighted by Crippen LogP contribution is 2.32. The second kappa shape index (κ2) is 6.40. The predicted octanol–water partition coefficient (Wildman–Crippen LogP) is 5.51. The number of alkyl halides is 1. The maximum Gasteiger partial charge on any atom is 0.222 e. The molecule has 1 aromatic heterocycles. The average molecular weight is 334 g/mol. The topological polar surface area (TPSA) is 22.1 Å². The minimum atomic E-state index is 0.424. The number of rotatable bonds is 4. The van der Waals surface area contributed by atoms with Gasteiger partial charge >= 0.3 is 0 Å². The maximum absolute atomic E-state index is 6.06. The number of pyridine rings is 1. The molecule has 0 atom stereocenters. The summed E-state index contributed by atoms with van der Waals surface area (Å²) in [7, 11) is 0. The predicted molar refractivity (Wildman–Crippen MR) is 86.9 cm³/mol. The smallest absolute Gasteiger partial charge is 0.222 e. The van der Waals surface area contributed by atoms with Gasteiger partial charge in [-0.05, 0) is 48.6 Å². The monoisotopic (exact) mass is 333 g/mol. The molecule has 106 valence electrons. The lowest BCUT2D eigenvalue weighted by molar-refractivity contribution is 0.450. The van der Waals surface area contributed by atoms with Crippen LogP contribution < -0.4 is 4.74 Å². The van der Waals surface area contributed by atoms with Crippen molar-refractivity contribution in [2.24, 2.45) is 0 Å². The molecule has 0 fully saturated rings. The van der Waals surface area contributed by atoms with E-state index in [0.29, 0.717) is 11.8 Å². The summed E-state index contributed by atoms with van der Waals surface area (Å²) in [5.74, 6) is 2.01. The molecule has 0 amide bonds. The Hall–Kier alpha value is -1.35. The summed E-state index contributed by atoms with van der Waals surface area (Å²) in [6.45, 7) is 8.45. The summed E-state index contributed by atoms with van der Waals surface area (Å²) in [4.78, 5) is 4.42. The van der Waals surface area contributed by atoms with Crippen LogP contribution >= 0.6 is 15.9 Å². The largest absolute Gasteiger partial charge is 0.438 e. The molecule has 0 aliphatic rings. The first kappa shape index (κ1) is 15.0. The number of ether oxygens (including phenoxy) is 1. The summed E-state index contributed by atoms with van der Waals surface area (Å²) in [6, 6.07) is 8.44. The van der Waals surface area contributed by atoms with Gasteiger partial charge in [-0.2, -0.15) is 0 Å². The molecular weight excluding hydrogens is 314 g/mol. The van der Waals surface area contributed by atoms with Gasteiger partial charge in [0.25, 0.3) is 0 Å². The lowest BCUT2D eigenvalue weighted by Crippen LogP contribution is -1.98. The lowest BCUT2D eigenvalue weighted by atomic mass is 10.0. The van der Waals surface area contributed by atoms with E-state index in [0.717, 1.165) is 22.2 Å². The van der Waals surface area contributed by atoms with Gasteiger partial charge in [-0.25, -0.2) is 4.98 Å². The van der Waals surface area contributed by atoms with E-state index in [2.05, 4.69) is 66.0 Å². The van der Waals surface area contributed by atoms with Crippen LogP contribution in [0.1, 0.15) is 42.0 Å². The van der Waals surface area contributed by atoms with Crippen LogP contribution in [0.15, 0.2) is 30.5 Å². The van der Waals surface area contributed by atoms with Crippen molar-refractivity contribution in [2.75, 3.05) is 0 Å². The van der Waals surface area contributed by atoms with Crippen molar-refractivity contribution < 1.29 is 4.74 Å². The number of nitrogens with zero attached hydrogens (tertiary/aromatic N) is 1. The number of aromatic nitrogens is 1. The van der Waals surface area contributed by atoms with Crippen LogP contribution in [0.3, 0.4) is 0 Å². The van der Waals surface area contributed by atoms with Crippen molar-refractivity contribution in [3.63, 3.8) is 0 Å². The van der Waals surface area contributed by atoms with Crippen molar-refractivity contribution >= 4 is 15.9 Å². The van der Waals surface area contributed by atoms with Gasteiger partial charge in [0.1, 0.15) is 5.75 Å². The molecule has 0 spiro atoms. The first-order chi connectivity index (χ1) is 9.51. The van der Waals surface area contributed by atoms with Gasteiger partial charge in [-0.15, -0.1) is 0 Å². The van der Waals surface area contributed by atoms with Crippen molar-refractivity contribution in [3.05, 3.63) is 52.7 Å². The molecule has 0 aliphatic heterocycles. The summed E-state index contributed by atoms with van der Waals surface area (Å²) in [5.41, 5.74) is 4.61. The third-order valence-corrected chi connectivity index (χ3v) is 3.89. The van der Waals surface area contributed by atoms with E-state index in [1.165, 1.54) is 11.1 Å².